The Morgan fingerprint density at radius 2 is 2.00 bits per heavy atom. The van der Waals surface area contributed by atoms with Crippen LogP contribution in [0.4, 0.5) is 5.69 Å². The number of nitrogens with one attached hydrogen (secondary N) is 1. The van der Waals surface area contributed by atoms with Gasteiger partial charge in [-0.25, -0.2) is 18.2 Å². The lowest BCUT2D eigenvalue weighted by atomic mass is 10.2. The summed E-state index contributed by atoms with van der Waals surface area (Å²) in [4.78, 5) is 14.7. The van der Waals surface area contributed by atoms with Crippen LogP contribution in [-0.4, -0.2) is 24.5 Å². The number of aromatic nitrogens is 1. The van der Waals surface area contributed by atoms with Gasteiger partial charge < -0.3 is 5.11 Å². The van der Waals surface area contributed by atoms with Crippen LogP contribution in [0, 0.1) is 6.92 Å². The minimum Gasteiger partial charge on any atom is -0.476 e. The fourth-order valence-corrected chi connectivity index (χ4v) is 3.30. The van der Waals surface area contributed by atoms with Crippen LogP contribution < -0.4 is 4.72 Å². The van der Waals surface area contributed by atoms with Gasteiger partial charge in [0, 0.05) is 11.2 Å². The van der Waals surface area contributed by atoms with Crippen LogP contribution >= 0.6 is 11.6 Å². The molecule has 2 rings (SSSR count). The molecule has 0 fully saturated rings. The molecule has 21 heavy (non-hydrogen) atoms. The van der Waals surface area contributed by atoms with E-state index in [0.29, 0.717) is 10.6 Å². The summed E-state index contributed by atoms with van der Waals surface area (Å²) in [5, 5.41) is 9.32. The van der Waals surface area contributed by atoms with Crippen molar-refractivity contribution in [2.45, 2.75) is 11.8 Å². The third kappa shape index (κ3) is 3.14. The molecule has 0 saturated carbocycles. The van der Waals surface area contributed by atoms with E-state index in [1.54, 1.807) is 13.0 Å². The normalized spacial score (nSPS) is 11.1. The quantitative estimate of drug-likeness (QED) is 0.900. The summed E-state index contributed by atoms with van der Waals surface area (Å²) in [6.07, 6.45) is 1.27. The number of pyridine rings is 1. The van der Waals surface area contributed by atoms with Gasteiger partial charge in [-0.05, 0) is 36.8 Å². The zero-order valence-corrected chi connectivity index (χ0v) is 12.4. The first-order valence-electron chi connectivity index (χ1n) is 5.79. The number of hydrogen-bond acceptors (Lipinski definition) is 4. The zero-order valence-electron chi connectivity index (χ0n) is 10.9. The van der Waals surface area contributed by atoms with Gasteiger partial charge in [-0.2, -0.15) is 0 Å². The summed E-state index contributed by atoms with van der Waals surface area (Å²) in [5.74, 6) is -1.32. The fraction of sp³-hybridized carbons (Fsp3) is 0.0769. The van der Waals surface area contributed by atoms with E-state index in [1.165, 1.54) is 30.5 Å². The number of carboxylic acid groups (broad SMARTS) is 1. The van der Waals surface area contributed by atoms with E-state index in [2.05, 4.69) is 9.71 Å². The summed E-state index contributed by atoms with van der Waals surface area (Å²) in [6.45, 7) is 1.57. The number of sulfonamides is 1. The predicted molar refractivity (Wildman–Crippen MR) is 78.2 cm³/mol. The molecule has 110 valence electrons. The highest BCUT2D eigenvalue weighted by Crippen LogP contribution is 2.25. The van der Waals surface area contributed by atoms with E-state index >= 15 is 0 Å². The molecule has 1 aromatic carbocycles. The maximum atomic E-state index is 12.4. The summed E-state index contributed by atoms with van der Waals surface area (Å²) >= 11 is 5.91. The highest BCUT2D eigenvalue weighted by atomic mass is 35.5. The van der Waals surface area contributed by atoms with Crippen molar-refractivity contribution >= 4 is 33.3 Å². The first kappa shape index (κ1) is 15.3. The Morgan fingerprint density at radius 3 is 2.67 bits per heavy atom. The molecule has 0 saturated heterocycles. The molecule has 0 aliphatic heterocycles. The maximum Gasteiger partial charge on any atom is 0.356 e. The van der Waals surface area contributed by atoms with Crippen molar-refractivity contribution in [2.75, 3.05) is 4.72 Å². The molecule has 0 aliphatic rings. The van der Waals surface area contributed by atoms with E-state index < -0.39 is 16.0 Å². The highest BCUT2D eigenvalue weighted by Gasteiger charge is 2.21. The molecule has 0 atom stereocenters. The second kappa shape index (κ2) is 5.71. The topological polar surface area (TPSA) is 96.4 Å². The van der Waals surface area contributed by atoms with Crippen LogP contribution in [0.5, 0.6) is 0 Å². The maximum absolute atomic E-state index is 12.4. The Hall–Kier alpha value is -2.12. The average Bonchev–Trinajstić information content (AvgIpc) is 2.41. The van der Waals surface area contributed by atoms with Crippen molar-refractivity contribution in [3.8, 4) is 0 Å². The molecular formula is C13H11ClN2O4S. The van der Waals surface area contributed by atoms with Gasteiger partial charge in [0.25, 0.3) is 10.0 Å². The van der Waals surface area contributed by atoms with E-state index in [9.17, 15) is 13.2 Å². The molecule has 0 spiro atoms. The fourth-order valence-electron chi connectivity index (χ4n) is 1.74. The lowest BCUT2D eigenvalue weighted by Gasteiger charge is -2.12. The summed E-state index contributed by atoms with van der Waals surface area (Å²) in [5.41, 5.74) is -0.0995. The third-order valence-corrected chi connectivity index (χ3v) is 4.68. The number of halogens is 1. The molecule has 0 radical (unpaired) electrons. The highest BCUT2D eigenvalue weighted by molar-refractivity contribution is 7.92. The summed E-state index contributed by atoms with van der Waals surface area (Å²) < 4.78 is 26.9. The monoisotopic (exact) mass is 326 g/mol. The van der Waals surface area contributed by atoms with Gasteiger partial charge in [0.2, 0.25) is 0 Å². The van der Waals surface area contributed by atoms with Gasteiger partial charge in [0.05, 0.1) is 10.6 Å². The van der Waals surface area contributed by atoms with Gasteiger partial charge in [0.15, 0.2) is 5.69 Å². The first-order chi connectivity index (χ1) is 9.83. The van der Waals surface area contributed by atoms with E-state index in [-0.39, 0.29) is 16.3 Å². The lowest BCUT2D eigenvalue weighted by molar-refractivity contribution is 0.0692. The number of anilines is 1. The van der Waals surface area contributed by atoms with E-state index in [4.69, 9.17) is 16.7 Å². The van der Waals surface area contributed by atoms with Crippen LogP contribution in [0.15, 0.2) is 41.4 Å². The van der Waals surface area contributed by atoms with E-state index in [1.807, 2.05) is 0 Å². The number of carbonyl (C=O) groups is 1. The van der Waals surface area contributed by atoms with E-state index in [0.717, 1.165) is 0 Å². The van der Waals surface area contributed by atoms with Crippen LogP contribution in [-0.2, 0) is 10.0 Å². The summed E-state index contributed by atoms with van der Waals surface area (Å²) in [6, 6.07) is 7.23. The van der Waals surface area contributed by atoms with Gasteiger partial charge in [-0.3, -0.25) is 4.72 Å². The molecule has 1 aromatic heterocycles. The van der Waals surface area contributed by atoms with Crippen molar-refractivity contribution in [2.24, 2.45) is 0 Å². The molecular weight excluding hydrogens is 316 g/mol. The Kier molecular flexibility index (Phi) is 4.15. The van der Waals surface area contributed by atoms with Crippen molar-refractivity contribution in [3.05, 3.63) is 52.8 Å². The number of nitrogens with zero attached hydrogens (tertiary/aromatic N) is 1. The van der Waals surface area contributed by atoms with Gasteiger partial charge in [0.1, 0.15) is 0 Å². The third-order valence-electron chi connectivity index (χ3n) is 2.76. The zero-order chi connectivity index (χ0) is 15.6. The smallest absolute Gasteiger partial charge is 0.356 e. The second-order valence-corrected chi connectivity index (χ2v) is 6.23. The van der Waals surface area contributed by atoms with Gasteiger partial charge in [-0.15, -0.1) is 0 Å². The average molecular weight is 327 g/mol. The number of carboxylic acids is 1. The predicted octanol–water partition coefficient (Wildman–Crippen LogP) is 2.54. The van der Waals surface area contributed by atoms with Crippen molar-refractivity contribution < 1.29 is 18.3 Å². The molecule has 2 N–H and O–H groups in total. The van der Waals surface area contributed by atoms with Crippen molar-refractivity contribution in [3.63, 3.8) is 0 Å². The number of hydrogen-bond donors (Lipinski definition) is 2. The van der Waals surface area contributed by atoms with Gasteiger partial charge >= 0.3 is 5.97 Å². The molecule has 0 bridgehead atoms. The SMILES string of the molecule is Cc1c(Cl)cccc1S(=O)(=O)Nc1cccnc1C(=O)O. The Morgan fingerprint density at radius 1 is 1.29 bits per heavy atom. The standard InChI is InChI=1S/C13H11ClN2O4S/c1-8-9(14)4-2-6-11(8)21(19,20)16-10-5-3-7-15-12(10)13(17)18/h2-7,16H,1H3,(H,17,18). The molecule has 6 nitrogen and oxygen atoms in total. The largest absolute Gasteiger partial charge is 0.476 e. The Labute approximate surface area is 126 Å². The number of aromatic carboxylic acids is 1. The van der Waals surface area contributed by atoms with Crippen molar-refractivity contribution in [1.29, 1.82) is 0 Å². The Bertz CT molecular complexity index is 806. The van der Waals surface area contributed by atoms with Gasteiger partial charge in [-0.1, -0.05) is 17.7 Å². The molecule has 1 heterocycles. The first-order valence-corrected chi connectivity index (χ1v) is 7.65. The molecule has 0 unspecified atom stereocenters. The lowest BCUT2D eigenvalue weighted by Crippen LogP contribution is -2.17. The number of rotatable bonds is 4. The van der Waals surface area contributed by atoms with Crippen LogP contribution in [0.25, 0.3) is 0 Å². The van der Waals surface area contributed by atoms with Crippen molar-refractivity contribution in [1.82, 2.24) is 4.98 Å². The molecule has 8 heteroatoms. The summed E-state index contributed by atoms with van der Waals surface area (Å²) in [7, 11) is -3.96. The minimum absolute atomic E-state index is 0.0183. The molecule has 2 aromatic rings. The molecule has 0 aliphatic carbocycles. The minimum atomic E-state index is -3.96. The van der Waals surface area contributed by atoms with Crippen LogP contribution in [0.3, 0.4) is 0 Å². The Balaban J connectivity index is 2.48. The van der Waals surface area contributed by atoms with Crippen LogP contribution in [0.1, 0.15) is 16.1 Å². The molecule has 0 amide bonds. The number of benzene rings is 1. The second-order valence-electron chi connectivity index (χ2n) is 4.17. The van der Waals surface area contributed by atoms with Crippen LogP contribution in [0.2, 0.25) is 5.02 Å².